The first-order valence-corrected chi connectivity index (χ1v) is 12.0. The number of nitrogens with zero attached hydrogens (tertiary/aromatic N) is 1. The van der Waals surface area contributed by atoms with Gasteiger partial charge in [0.2, 0.25) is 0 Å². The second kappa shape index (κ2) is 10.3. The van der Waals surface area contributed by atoms with Crippen LogP contribution in [-0.4, -0.2) is 30.3 Å². The third kappa shape index (κ3) is 5.48. The van der Waals surface area contributed by atoms with Crippen LogP contribution in [0.3, 0.4) is 0 Å². The fraction of sp³-hybridized carbons (Fsp3) is 0.150. The molecule has 0 spiro atoms. The molecule has 10 heteroatoms. The highest BCUT2D eigenvalue weighted by Gasteiger charge is 2.36. The molecular formula is C20H14ClI2NO5S. The monoisotopic (exact) mass is 669 g/mol. The number of esters is 1. The SMILES string of the molecule is CCOC(=O)COc1c(I)cc(/C=C2/SC(=O)N(c3ccc(Cl)cc3)C2=O)cc1I. The van der Waals surface area contributed by atoms with Crippen LogP contribution in [0.5, 0.6) is 5.75 Å². The largest absolute Gasteiger partial charge is 0.480 e. The lowest BCUT2D eigenvalue weighted by Gasteiger charge is -2.12. The molecule has 0 aliphatic carbocycles. The fourth-order valence-electron chi connectivity index (χ4n) is 2.57. The number of imide groups is 1. The number of hydrogen-bond donors (Lipinski definition) is 0. The van der Waals surface area contributed by atoms with Crippen molar-refractivity contribution in [2.24, 2.45) is 0 Å². The maximum absolute atomic E-state index is 12.8. The van der Waals surface area contributed by atoms with Gasteiger partial charge in [-0.1, -0.05) is 11.6 Å². The molecule has 1 heterocycles. The van der Waals surface area contributed by atoms with Crippen LogP contribution in [0.4, 0.5) is 10.5 Å². The number of benzene rings is 2. The van der Waals surface area contributed by atoms with Gasteiger partial charge in [0.1, 0.15) is 5.75 Å². The molecule has 0 aromatic heterocycles. The number of hydrogen-bond acceptors (Lipinski definition) is 6. The quantitative estimate of drug-likeness (QED) is 0.222. The lowest BCUT2D eigenvalue weighted by atomic mass is 10.2. The van der Waals surface area contributed by atoms with Gasteiger partial charge in [0.25, 0.3) is 11.1 Å². The summed E-state index contributed by atoms with van der Waals surface area (Å²) >= 11 is 11.0. The second-order valence-electron chi connectivity index (χ2n) is 5.90. The Morgan fingerprint density at radius 3 is 2.40 bits per heavy atom. The zero-order chi connectivity index (χ0) is 21.8. The summed E-state index contributed by atoms with van der Waals surface area (Å²) in [7, 11) is 0. The Kier molecular flexibility index (Phi) is 8.04. The summed E-state index contributed by atoms with van der Waals surface area (Å²) < 4.78 is 12.0. The first-order chi connectivity index (χ1) is 14.3. The molecule has 0 unspecified atom stereocenters. The summed E-state index contributed by atoms with van der Waals surface area (Å²) in [6.45, 7) is 1.84. The Balaban J connectivity index is 1.81. The van der Waals surface area contributed by atoms with E-state index in [0.717, 1.165) is 29.4 Å². The van der Waals surface area contributed by atoms with Crippen LogP contribution in [0.15, 0.2) is 41.3 Å². The molecule has 1 aliphatic rings. The first-order valence-electron chi connectivity index (χ1n) is 8.61. The van der Waals surface area contributed by atoms with E-state index in [1.165, 1.54) is 0 Å². The summed E-state index contributed by atoms with van der Waals surface area (Å²) in [4.78, 5) is 38.1. The van der Waals surface area contributed by atoms with E-state index >= 15 is 0 Å². The number of rotatable bonds is 6. The lowest BCUT2D eigenvalue weighted by Crippen LogP contribution is -2.27. The van der Waals surface area contributed by atoms with Gasteiger partial charge in [0, 0.05) is 5.02 Å². The van der Waals surface area contributed by atoms with Crippen LogP contribution < -0.4 is 9.64 Å². The van der Waals surface area contributed by atoms with Crippen molar-refractivity contribution in [2.45, 2.75) is 6.92 Å². The van der Waals surface area contributed by atoms with E-state index < -0.39 is 5.97 Å². The number of halogens is 3. The van der Waals surface area contributed by atoms with Gasteiger partial charge in [-0.25, -0.2) is 9.69 Å². The minimum absolute atomic E-state index is 0.181. The van der Waals surface area contributed by atoms with Crippen LogP contribution in [-0.2, 0) is 14.3 Å². The van der Waals surface area contributed by atoms with Gasteiger partial charge in [-0.3, -0.25) is 9.59 Å². The molecule has 6 nitrogen and oxygen atoms in total. The number of amides is 2. The van der Waals surface area contributed by atoms with Crippen molar-refractivity contribution in [2.75, 3.05) is 18.1 Å². The summed E-state index contributed by atoms with van der Waals surface area (Å²) in [5.41, 5.74) is 1.21. The van der Waals surface area contributed by atoms with E-state index in [1.54, 1.807) is 37.3 Å². The average Bonchev–Trinajstić information content (AvgIpc) is 2.95. The molecule has 0 bridgehead atoms. The fourth-order valence-corrected chi connectivity index (χ4v) is 5.66. The summed E-state index contributed by atoms with van der Waals surface area (Å²) in [5, 5.41) is 0.156. The molecule has 2 aromatic rings. The zero-order valence-corrected chi connectivity index (χ0v) is 21.4. The van der Waals surface area contributed by atoms with Gasteiger partial charge in [-0.05, 0) is 112 Å². The van der Waals surface area contributed by atoms with Gasteiger partial charge in [0.05, 0.1) is 24.3 Å². The third-order valence-corrected chi connectivity index (χ3v) is 6.56. The Labute approximate surface area is 209 Å². The third-order valence-electron chi connectivity index (χ3n) is 3.84. The van der Waals surface area contributed by atoms with Crippen molar-refractivity contribution < 1.29 is 23.9 Å². The Morgan fingerprint density at radius 2 is 1.80 bits per heavy atom. The molecule has 156 valence electrons. The van der Waals surface area contributed by atoms with E-state index in [2.05, 4.69) is 45.2 Å². The number of ether oxygens (including phenoxy) is 2. The molecule has 30 heavy (non-hydrogen) atoms. The highest BCUT2D eigenvalue weighted by Crippen LogP contribution is 2.37. The first kappa shape index (κ1) is 23.4. The molecular weight excluding hydrogens is 656 g/mol. The summed E-state index contributed by atoms with van der Waals surface area (Å²) in [6.07, 6.45) is 1.67. The number of thioether (sulfide) groups is 1. The predicted octanol–water partition coefficient (Wildman–Crippen LogP) is 5.73. The topological polar surface area (TPSA) is 72.9 Å². The average molecular weight is 670 g/mol. The van der Waals surface area contributed by atoms with Gasteiger partial charge < -0.3 is 9.47 Å². The minimum Gasteiger partial charge on any atom is -0.480 e. The zero-order valence-electron chi connectivity index (χ0n) is 15.5. The molecule has 0 N–H and O–H groups in total. The highest BCUT2D eigenvalue weighted by molar-refractivity contribution is 14.1. The number of carbonyl (C=O) groups is 3. The predicted molar refractivity (Wildman–Crippen MR) is 134 cm³/mol. The summed E-state index contributed by atoms with van der Waals surface area (Å²) in [6, 6.07) is 10.2. The molecule has 1 saturated heterocycles. The number of anilines is 1. The molecule has 3 rings (SSSR count). The highest BCUT2D eigenvalue weighted by atomic mass is 127. The van der Waals surface area contributed by atoms with Crippen LogP contribution in [0.25, 0.3) is 6.08 Å². The van der Waals surface area contributed by atoms with E-state index in [9.17, 15) is 14.4 Å². The maximum atomic E-state index is 12.8. The normalized spacial score (nSPS) is 15.1. The Hall–Kier alpha value is -1.31. The van der Waals surface area contributed by atoms with Gasteiger partial charge in [-0.2, -0.15) is 0 Å². The van der Waals surface area contributed by atoms with E-state index in [4.69, 9.17) is 21.1 Å². The lowest BCUT2D eigenvalue weighted by molar-refractivity contribution is -0.145. The van der Waals surface area contributed by atoms with Crippen molar-refractivity contribution in [1.29, 1.82) is 0 Å². The van der Waals surface area contributed by atoms with Gasteiger partial charge in [0.15, 0.2) is 6.61 Å². The Bertz CT molecular complexity index is 1020. The molecule has 1 fully saturated rings. The standard InChI is InChI=1S/C20H14ClI2NO5S/c1-2-28-17(25)10-29-18-14(22)7-11(8-15(18)23)9-16-19(26)24(20(27)30-16)13-5-3-12(21)4-6-13/h3-9H,2,10H2,1H3/b16-9+. The van der Waals surface area contributed by atoms with E-state index in [1.807, 2.05) is 12.1 Å². The van der Waals surface area contributed by atoms with Crippen molar-refractivity contribution >= 4 is 97.4 Å². The molecule has 1 aliphatic heterocycles. The second-order valence-corrected chi connectivity index (χ2v) is 9.65. The van der Waals surface area contributed by atoms with Crippen molar-refractivity contribution in [3.05, 3.63) is 59.0 Å². The minimum atomic E-state index is -0.441. The van der Waals surface area contributed by atoms with Gasteiger partial charge >= 0.3 is 5.97 Å². The van der Waals surface area contributed by atoms with Crippen molar-refractivity contribution in [1.82, 2.24) is 0 Å². The Morgan fingerprint density at radius 1 is 1.17 bits per heavy atom. The molecule has 0 radical (unpaired) electrons. The van der Waals surface area contributed by atoms with Crippen LogP contribution in [0.1, 0.15) is 12.5 Å². The van der Waals surface area contributed by atoms with E-state index in [0.29, 0.717) is 28.0 Å². The maximum Gasteiger partial charge on any atom is 0.344 e. The molecule has 0 atom stereocenters. The van der Waals surface area contributed by atoms with Crippen molar-refractivity contribution in [3.63, 3.8) is 0 Å². The summed E-state index contributed by atoms with van der Waals surface area (Å²) in [5.74, 6) is -0.264. The molecule has 2 amide bonds. The molecule has 0 saturated carbocycles. The van der Waals surface area contributed by atoms with Crippen molar-refractivity contribution in [3.8, 4) is 5.75 Å². The van der Waals surface area contributed by atoms with Crippen LogP contribution in [0, 0.1) is 7.14 Å². The van der Waals surface area contributed by atoms with Crippen LogP contribution >= 0.6 is 68.5 Å². The smallest absolute Gasteiger partial charge is 0.344 e. The van der Waals surface area contributed by atoms with E-state index in [-0.39, 0.29) is 17.8 Å². The van der Waals surface area contributed by atoms with Crippen LogP contribution in [0.2, 0.25) is 5.02 Å². The number of carbonyl (C=O) groups excluding carboxylic acids is 3. The van der Waals surface area contributed by atoms with Gasteiger partial charge in [-0.15, -0.1) is 0 Å². The molecule has 2 aromatic carbocycles.